The van der Waals surface area contributed by atoms with Crippen molar-refractivity contribution in [1.82, 2.24) is 19.9 Å². The minimum atomic E-state index is -0.0122. The van der Waals surface area contributed by atoms with Gasteiger partial charge in [-0.15, -0.1) is 0 Å². The highest BCUT2D eigenvalue weighted by Crippen LogP contribution is 2.36. The molecular weight excluding hydrogens is 897 g/mol. The van der Waals surface area contributed by atoms with Crippen LogP contribution >= 0.6 is 0 Å². The van der Waals surface area contributed by atoms with Gasteiger partial charge >= 0.3 is 0 Å². The van der Waals surface area contributed by atoms with Gasteiger partial charge in [0.1, 0.15) is 26.4 Å². The number of H-pyrrole nitrogens is 2. The second-order valence-corrected chi connectivity index (χ2v) is 18.2. The van der Waals surface area contributed by atoms with Crippen LogP contribution in [0.15, 0.2) is 122 Å². The van der Waals surface area contributed by atoms with Gasteiger partial charge in [0.05, 0.1) is 67.1 Å². The average Bonchev–Trinajstić information content (AvgIpc) is 4.27. The van der Waals surface area contributed by atoms with E-state index in [-0.39, 0.29) is 6.61 Å². The minimum Gasteiger partial charge on any atom is -0.390 e. The summed E-state index contributed by atoms with van der Waals surface area (Å²) in [5, 5.41) is 10.3. The third-order valence-corrected chi connectivity index (χ3v) is 13.2. The number of pyridine rings is 4. The zero-order valence-corrected chi connectivity index (χ0v) is 42.2. The van der Waals surface area contributed by atoms with Crippen LogP contribution < -0.4 is 18.3 Å². The molecule has 0 saturated carbocycles. The van der Waals surface area contributed by atoms with Crippen molar-refractivity contribution in [1.29, 1.82) is 0 Å². The van der Waals surface area contributed by atoms with Gasteiger partial charge in [-0.2, -0.15) is 18.3 Å². The van der Waals surface area contributed by atoms with E-state index < -0.39 is 0 Å². The van der Waals surface area contributed by atoms with E-state index in [1.807, 2.05) is 18.3 Å². The summed E-state index contributed by atoms with van der Waals surface area (Å²) in [6, 6.07) is 33.9. The third kappa shape index (κ3) is 11.5. The molecule has 2 aliphatic heterocycles. The lowest BCUT2D eigenvalue weighted by Crippen LogP contribution is -2.38. The van der Waals surface area contributed by atoms with Gasteiger partial charge in [-0.25, -0.2) is 9.97 Å². The number of aromatic nitrogens is 8. The lowest BCUT2D eigenvalue weighted by atomic mass is 10.1. The molecular formula is C60H70N8O4+4. The number of aromatic amines is 2. The van der Waals surface area contributed by atoms with Gasteiger partial charge in [-0.3, -0.25) is 0 Å². The van der Waals surface area contributed by atoms with Crippen molar-refractivity contribution in [2.75, 3.05) is 46.2 Å². The molecule has 12 nitrogen and oxygen atoms in total. The van der Waals surface area contributed by atoms with E-state index >= 15 is 0 Å². The first-order chi connectivity index (χ1) is 35.6. The van der Waals surface area contributed by atoms with Crippen molar-refractivity contribution in [3.05, 3.63) is 145 Å². The number of unbranched alkanes of at least 4 members (excludes halogenated alkanes) is 3. The van der Waals surface area contributed by atoms with Crippen LogP contribution in [0.3, 0.4) is 0 Å². The molecule has 7 aromatic heterocycles. The van der Waals surface area contributed by atoms with E-state index in [0.29, 0.717) is 46.0 Å². The van der Waals surface area contributed by atoms with Crippen LogP contribution in [0.2, 0.25) is 0 Å². The van der Waals surface area contributed by atoms with E-state index in [1.165, 1.54) is 0 Å². The van der Waals surface area contributed by atoms with Crippen LogP contribution in [0.4, 0.5) is 0 Å². The van der Waals surface area contributed by atoms with Gasteiger partial charge in [-0.1, -0.05) is 40.0 Å². The number of fused-ring (bicyclic) bond motifs is 8. The number of aliphatic hydroxyl groups is 1. The number of ether oxygens (including phenoxy) is 3. The van der Waals surface area contributed by atoms with E-state index in [2.05, 4.69) is 177 Å². The smallest absolute Gasteiger partial charge is 0.216 e. The van der Waals surface area contributed by atoms with Gasteiger partial charge in [-0.05, 0) is 92.1 Å². The van der Waals surface area contributed by atoms with E-state index in [4.69, 9.17) is 24.2 Å². The summed E-state index contributed by atoms with van der Waals surface area (Å²) in [6.45, 7) is 13.0. The Morgan fingerprint density at radius 2 is 0.681 bits per heavy atom. The molecule has 0 atom stereocenters. The van der Waals surface area contributed by atoms with Crippen molar-refractivity contribution in [3.63, 3.8) is 0 Å². The number of hydrogen-bond acceptors (Lipinski definition) is 6. The molecule has 3 N–H and O–H groups in total. The van der Waals surface area contributed by atoms with Crippen molar-refractivity contribution in [2.24, 2.45) is 0 Å². The number of nitrogens with zero attached hydrogens (tertiary/aromatic N) is 6. The number of hydrogen-bond donors (Lipinski definition) is 3. The first-order valence-corrected chi connectivity index (χ1v) is 26.1. The molecule has 72 heavy (non-hydrogen) atoms. The first-order valence-electron chi connectivity index (χ1n) is 26.1. The normalized spacial score (nSPS) is 12.1. The van der Waals surface area contributed by atoms with Crippen LogP contribution in [0.5, 0.6) is 0 Å². The summed E-state index contributed by atoms with van der Waals surface area (Å²) in [4.78, 5) is 19.1. The molecule has 0 unspecified atom stereocenters. The second-order valence-electron chi connectivity index (χ2n) is 18.2. The van der Waals surface area contributed by atoms with Gasteiger partial charge < -0.3 is 29.3 Å². The molecule has 0 aliphatic carbocycles. The zero-order chi connectivity index (χ0) is 49.5. The lowest BCUT2D eigenvalue weighted by Gasteiger charge is -2.08. The third-order valence-electron chi connectivity index (χ3n) is 13.2. The molecule has 0 aromatic carbocycles. The molecule has 0 saturated heterocycles. The van der Waals surface area contributed by atoms with E-state index in [9.17, 15) is 5.11 Å². The molecule has 12 heteroatoms. The van der Waals surface area contributed by atoms with Crippen LogP contribution in [-0.4, -0.2) is 71.3 Å². The molecule has 0 spiro atoms. The molecule has 0 amide bonds. The topological polar surface area (TPSA) is 121 Å². The quantitative estimate of drug-likeness (QED) is 0.0410. The summed E-state index contributed by atoms with van der Waals surface area (Å²) in [7, 11) is 0. The maximum Gasteiger partial charge on any atom is 0.216 e. The highest BCUT2D eigenvalue weighted by atomic mass is 16.5. The van der Waals surface area contributed by atoms with Crippen LogP contribution in [-0.2, 0) is 40.4 Å². The largest absolute Gasteiger partial charge is 0.390 e. The predicted octanol–water partition coefficient (Wildman–Crippen LogP) is 9.92. The Morgan fingerprint density at radius 3 is 0.958 bits per heavy atom. The van der Waals surface area contributed by atoms with Crippen molar-refractivity contribution < 1.29 is 37.6 Å². The first kappa shape index (κ1) is 50.0. The standard InChI is InChI=1S/C60H69N8O4/c1-4-7-39-70-42-35-66-31-15-11-19-54(66)58-47-24-22-45(61-47)57(53-18-10-14-30-65(53)34-38-69)46-23-25-48(62-46)59(55-20-12-16-32-67(55)36-43-71-40-8-5-2)50-27-29-52(64-50)60(51-28-26-49(58)63-51)56-21-13-17-33-68(56)37-44-72-41-9-6-3/h10-33,69H,4-9,34-44H2,1-3H3,(H,61,62,63,64)/q+3/p+1. The Hall–Kier alpha value is -6.96. The van der Waals surface area contributed by atoms with Crippen LogP contribution in [0.1, 0.15) is 82.1 Å². The Morgan fingerprint density at radius 1 is 0.389 bits per heavy atom. The van der Waals surface area contributed by atoms with Crippen LogP contribution in [0, 0.1) is 0 Å². The summed E-state index contributed by atoms with van der Waals surface area (Å²) >= 11 is 0. The Kier molecular flexibility index (Phi) is 17.3. The second kappa shape index (κ2) is 24.9. The molecule has 8 bridgehead atoms. The summed E-state index contributed by atoms with van der Waals surface area (Å²) in [5.74, 6) is 0. The van der Waals surface area contributed by atoms with Gasteiger partial charge in [0.2, 0.25) is 22.8 Å². The van der Waals surface area contributed by atoms with Gasteiger partial charge in [0.15, 0.2) is 51.0 Å². The monoisotopic (exact) mass is 967 g/mol. The lowest BCUT2D eigenvalue weighted by molar-refractivity contribution is -0.688. The molecule has 0 radical (unpaired) electrons. The Balaban J connectivity index is 1.37. The Labute approximate surface area is 423 Å². The van der Waals surface area contributed by atoms with Crippen molar-refractivity contribution in [3.8, 4) is 45.0 Å². The van der Waals surface area contributed by atoms with Crippen molar-refractivity contribution in [2.45, 2.75) is 85.5 Å². The fraction of sp³-hybridized carbons (Fsp3) is 0.333. The molecule has 7 aromatic rings. The highest BCUT2D eigenvalue weighted by molar-refractivity contribution is 5.97. The molecule has 9 rings (SSSR count). The Bertz CT molecular complexity index is 3130. The fourth-order valence-corrected chi connectivity index (χ4v) is 9.52. The summed E-state index contributed by atoms with van der Waals surface area (Å²) < 4.78 is 27.4. The number of nitrogens with one attached hydrogen (secondary N) is 2. The summed E-state index contributed by atoms with van der Waals surface area (Å²) in [5.41, 5.74) is 14.7. The minimum absolute atomic E-state index is 0.0122. The predicted molar refractivity (Wildman–Crippen MR) is 286 cm³/mol. The maximum atomic E-state index is 10.3. The molecule has 0 fully saturated rings. The number of aliphatic hydroxyl groups excluding tert-OH is 1. The molecule has 2 aliphatic rings. The molecule has 370 valence electrons. The van der Waals surface area contributed by atoms with Crippen LogP contribution in [0.25, 0.3) is 91.4 Å². The van der Waals surface area contributed by atoms with E-state index in [1.54, 1.807) is 0 Å². The fourth-order valence-electron chi connectivity index (χ4n) is 9.52. The SMILES string of the molecule is CCCCOCC[n+]1ccccc1-c1c2nc(c(-c3cccc[n+]3CCOCCCC)c3ccc([nH]3)c(-c3cccc[n+]3CCOCCCC)c3nc(c(-c4cccc[n+]4CCO)c4ccc1[nH]4)C=C3)C=C2. The maximum absolute atomic E-state index is 10.3. The van der Waals surface area contributed by atoms with Gasteiger partial charge in [0, 0.05) is 68.4 Å². The summed E-state index contributed by atoms with van der Waals surface area (Å²) in [6.07, 6.45) is 23.3. The highest BCUT2D eigenvalue weighted by Gasteiger charge is 2.27. The van der Waals surface area contributed by atoms with Gasteiger partial charge in [0.25, 0.3) is 0 Å². The molecule has 9 heterocycles. The number of rotatable bonds is 24. The average molecular weight is 967 g/mol. The zero-order valence-electron chi connectivity index (χ0n) is 42.2. The van der Waals surface area contributed by atoms with Crippen molar-refractivity contribution >= 4 is 46.4 Å². The van der Waals surface area contributed by atoms with E-state index in [0.717, 1.165) is 148 Å².